The number of hydrogen-bond acceptors (Lipinski definition) is 7. The van der Waals surface area contributed by atoms with E-state index in [9.17, 15) is 4.79 Å². The van der Waals surface area contributed by atoms with E-state index in [0.29, 0.717) is 55.0 Å². The van der Waals surface area contributed by atoms with Gasteiger partial charge in [0.25, 0.3) is 5.91 Å². The van der Waals surface area contributed by atoms with Crippen LogP contribution in [0.15, 0.2) is 42.7 Å². The highest BCUT2D eigenvalue weighted by Gasteiger charge is 2.25. The summed E-state index contributed by atoms with van der Waals surface area (Å²) in [6.07, 6.45) is 3.44. The Labute approximate surface area is 168 Å². The first-order valence-corrected chi connectivity index (χ1v) is 9.28. The number of ether oxygens (including phenoxy) is 2. The number of methoxy groups -OCH3 is 2. The Kier molecular flexibility index (Phi) is 5.28. The smallest absolute Gasteiger partial charge is 0.272 e. The molecule has 2 aromatic heterocycles. The van der Waals surface area contributed by atoms with Gasteiger partial charge >= 0.3 is 0 Å². The van der Waals surface area contributed by atoms with Crippen molar-refractivity contribution in [3.63, 3.8) is 0 Å². The lowest BCUT2D eigenvalue weighted by Gasteiger charge is -2.34. The van der Waals surface area contributed by atoms with Crippen molar-refractivity contribution >= 4 is 11.9 Å². The Morgan fingerprint density at radius 2 is 1.79 bits per heavy atom. The number of piperazine rings is 1. The van der Waals surface area contributed by atoms with Crippen LogP contribution in [-0.4, -0.2) is 71.4 Å². The SMILES string of the molecule is COc1ccc(-c2cc(C(=O)N3CCN(c4ncccn4)CC3)[nH]n2)c(OC)c1. The zero-order valence-corrected chi connectivity index (χ0v) is 16.3. The number of carbonyl (C=O) groups is 1. The van der Waals surface area contributed by atoms with E-state index < -0.39 is 0 Å². The zero-order chi connectivity index (χ0) is 20.2. The third-order valence-corrected chi connectivity index (χ3v) is 4.89. The van der Waals surface area contributed by atoms with Crippen LogP contribution in [0.1, 0.15) is 10.5 Å². The van der Waals surface area contributed by atoms with Crippen molar-refractivity contribution in [2.45, 2.75) is 0 Å². The fourth-order valence-corrected chi connectivity index (χ4v) is 3.31. The number of nitrogens with one attached hydrogen (secondary N) is 1. The Hall–Kier alpha value is -3.62. The van der Waals surface area contributed by atoms with Crippen LogP contribution in [0, 0.1) is 0 Å². The second kappa shape index (κ2) is 8.17. The minimum atomic E-state index is -0.0788. The quantitative estimate of drug-likeness (QED) is 0.705. The summed E-state index contributed by atoms with van der Waals surface area (Å²) in [6, 6.07) is 9.02. The molecule has 1 fully saturated rings. The summed E-state index contributed by atoms with van der Waals surface area (Å²) >= 11 is 0. The third kappa shape index (κ3) is 3.84. The molecule has 1 aliphatic heterocycles. The first kappa shape index (κ1) is 18.7. The van der Waals surface area contributed by atoms with Crippen molar-refractivity contribution in [1.29, 1.82) is 0 Å². The van der Waals surface area contributed by atoms with E-state index in [4.69, 9.17) is 9.47 Å². The van der Waals surface area contributed by atoms with E-state index in [1.165, 1.54) is 0 Å². The topological polar surface area (TPSA) is 96.5 Å². The molecule has 0 saturated carbocycles. The average molecular weight is 394 g/mol. The minimum absolute atomic E-state index is 0.0788. The molecule has 9 heteroatoms. The van der Waals surface area contributed by atoms with Crippen LogP contribution < -0.4 is 14.4 Å². The first-order chi connectivity index (χ1) is 14.2. The molecule has 0 radical (unpaired) electrons. The number of H-pyrrole nitrogens is 1. The van der Waals surface area contributed by atoms with Crippen LogP contribution in [0.5, 0.6) is 11.5 Å². The van der Waals surface area contributed by atoms with Crippen molar-refractivity contribution in [3.8, 4) is 22.8 Å². The molecule has 0 unspecified atom stereocenters. The maximum atomic E-state index is 12.9. The molecule has 0 bridgehead atoms. The summed E-state index contributed by atoms with van der Waals surface area (Å²) in [4.78, 5) is 25.3. The van der Waals surface area contributed by atoms with E-state index in [1.807, 2.05) is 17.0 Å². The van der Waals surface area contributed by atoms with Gasteiger partial charge in [-0.1, -0.05) is 0 Å². The van der Waals surface area contributed by atoms with Crippen molar-refractivity contribution in [1.82, 2.24) is 25.1 Å². The fourth-order valence-electron chi connectivity index (χ4n) is 3.31. The van der Waals surface area contributed by atoms with Gasteiger partial charge in [0.05, 0.1) is 19.9 Å². The maximum absolute atomic E-state index is 12.9. The van der Waals surface area contributed by atoms with Crippen LogP contribution in [-0.2, 0) is 0 Å². The summed E-state index contributed by atoms with van der Waals surface area (Å²) in [5.41, 5.74) is 1.88. The number of hydrogen-bond donors (Lipinski definition) is 1. The Balaban J connectivity index is 1.46. The standard InChI is InChI=1S/C20H22N6O3/c1-28-14-4-5-15(18(12-14)29-2)16-13-17(24-23-16)19(27)25-8-10-26(11-9-25)20-21-6-3-7-22-20/h3-7,12-13H,8-11H2,1-2H3,(H,23,24). The number of nitrogens with zero attached hydrogens (tertiary/aromatic N) is 5. The largest absolute Gasteiger partial charge is 0.497 e. The van der Waals surface area contributed by atoms with Gasteiger partial charge in [0, 0.05) is 50.2 Å². The highest BCUT2D eigenvalue weighted by Crippen LogP contribution is 2.32. The second-order valence-electron chi connectivity index (χ2n) is 6.56. The predicted octanol–water partition coefficient (Wildman–Crippen LogP) is 1.85. The van der Waals surface area contributed by atoms with Crippen LogP contribution >= 0.6 is 0 Å². The third-order valence-electron chi connectivity index (χ3n) is 4.89. The first-order valence-electron chi connectivity index (χ1n) is 9.28. The molecule has 1 saturated heterocycles. The fraction of sp³-hybridized carbons (Fsp3) is 0.300. The number of aromatic amines is 1. The lowest BCUT2D eigenvalue weighted by Crippen LogP contribution is -2.49. The summed E-state index contributed by atoms with van der Waals surface area (Å²) in [5.74, 6) is 1.93. The lowest BCUT2D eigenvalue weighted by molar-refractivity contribution is 0.0740. The summed E-state index contributed by atoms with van der Waals surface area (Å²) < 4.78 is 10.7. The number of benzene rings is 1. The normalized spacial score (nSPS) is 14.0. The van der Waals surface area contributed by atoms with Gasteiger partial charge in [-0.3, -0.25) is 9.89 Å². The Morgan fingerprint density at radius 1 is 1.03 bits per heavy atom. The second-order valence-corrected chi connectivity index (χ2v) is 6.56. The van der Waals surface area contributed by atoms with E-state index in [2.05, 4.69) is 25.1 Å². The molecule has 0 spiro atoms. The van der Waals surface area contributed by atoms with E-state index in [1.54, 1.807) is 44.8 Å². The van der Waals surface area contributed by atoms with Crippen LogP contribution in [0.3, 0.4) is 0 Å². The van der Waals surface area contributed by atoms with E-state index >= 15 is 0 Å². The van der Waals surface area contributed by atoms with Crippen LogP contribution in [0.2, 0.25) is 0 Å². The molecule has 3 aromatic rings. The van der Waals surface area contributed by atoms with Gasteiger partial charge in [-0.2, -0.15) is 5.10 Å². The van der Waals surface area contributed by atoms with E-state index in [0.717, 1.165) is 5.56 Å². The molecule has 9 nitrogen and oxygen atoms in total. The zero-order valence-electron chi connectivity index (χ0n) is 16.3. The number of aromatic nitrogens is 4. The van der Waals surface area contributed by atoms with Gasteiger partial charge in [-0.05, 0) is 24.3 Å². The van der Waals surface area contributed by atoms with Gasteiger partial charge in [-0.25, -0.2) is 9.97 Å². The van der Waals surface area contributed by atoms with Gasteiger partial charge < -0.3 is 19.3 Å². The molecule has 0 aliphatic carbocycles. The van der Waals surface area contributed by atoms with Crippen molar-refractivity contribution in [2.75, 3.05) is 45.3 Å². The molecule has 1 amide bonds. The molecular weight excluding hydrogens is 372 g/mol. The molecular formula is C20H22N6O3. The van der Waals surface area contributed by atoms with Crippen molar-refractivity contribution in [3.05, 3.63) is 48.4 Å². The van der Waals surface area contributed by atoms with Crippen LogP contribution in [0.4, 0.5) is 5.95 Å². The molecule has 4 rings (SSSR count). The maximum Gasteiger partial charge on any atom is 0.272 e. The van der Waals surface area contributed by atoms with Gasteiger partial charge in [0.15, 0.2) is 0 Å². The lowest BCUT2D eigenvalue weighted by atomic mass is 10.1. The molecule has 29 heavy (non-hydrogen) atoms. The molecule has 150 valence electrons. The average Bonchev–Trinajstić information content (AvgIpc) is 3.29. The van der Waals surface area contributed by atoms with Gasteiger partial charge in [-0.15, -0.1) is 0 Å². The molecule has 1 aromatic carbocycles. The monoisotopic (exact) mass is 394 g/mol. The van der Waals surface area contributed by atoms with Crippen molar-refractivity contribution in [2.24, 2.45) is 0 Å². The predicted molar refractivity (Wildman–Crippen MR) is 107 cm³/mol. The number of anilines is 1. The molecule has 1 aliphatic rings. The number of carbonyl (C=O) groups excluding carboxylic acids is 1. The summed E-state index contributed by atoms with van der Waals surface area (Å²) in [5, 5.41) is 7.16. The summed E-state index contributed by atoms with van der Waals surface area (Å²) in [6.45, 7) is 2.56. The van der Waals surface area contributed by atoms with E-state index in [-0.39, 0.29) is 5.91 Å². The van der Waals surface area contributed by atoms with Gasteiger partial charge in [0.2, 0.25) is 5.95 Å². The highest BCUT2D eigenvalue weighted by atomic mass is 16.5. The molecule has 0 atom stereocenters. The molecule has 3 heterocycles. The number of amides is 1. The molecule has 1 N–H and O–H groups in total. The highest BCUT2D eigenvalue weighted by molar-refractivity contribution is 5.93. The van der Waals surface area contributed by atoms with Gasteiger partial charge in [0.1, 0.15) is 17.2 Å². The van der Waals surface area contributed by atoms with Crippen molar-refractivity contribution < 1.29 is 14.3 Å². The summed E-state index contributed by atoms with van der Waals surface area (Å²) in [7, 11) is 3.19. The number of rotatable bonds is 5. The Bertz CT molecular complexity index is 983. The minimum Gasteiger partial charge on any atom is -0.497 e. The Morgan fingerprint density at radius 3 is 2.48 bits per heavy atom. The van der Waals surface area contributed by atoms with Crippen LogP contribution in [0.25, 0.3) is 11.3 Å².